The van der Waals surface area contributed by atoms with Crippen molar-refractivity contribution in [2.75, 3.05) is 12.8 Å². The molecule has 0 aliphatic rings. The van der Waals surface area contributed by atoms with E-state index in [1.807, 2.05) is 35.2 Å². The Morgan fingerprint density at radius 1 is 1.26 bits per heavy atom. The third-order valence-corrected chi connectivity index (χ3v) is 2.98. The van der Waals surface area contributed by atoms with Gasteiger partial charge in [0.25, 0.3) is 0 Å². The van der Waals surface area contributed by atoms with Crippen molar-refractivity contribution in [2.24, 2.45) is 5.92 Å². The molecule has 2 N–H and O–H groups in total. The number of hydrogen-bond donors (Lipinski definition) is 1. The fourth-order valence-corrected chi connectivity index (χ4v) is 2.08. The molecule has 0 amide bonds. The number of aromatic nitrogens is 2. The molecule has 2 rings (SSSR count). The van der Waals surface area contributed by atoms with Crippen LogP contribution in [0.15, 0.2) is 30.6 Å². The average molecular weight is 259 g/mol. The average Bonchev–Trinajstić information content (AvgIpc) is 2.72. The summed E-state index contributed by atoms with van der Waals surface area (Å²) in [4.78, 5) is 4.42. The fourth-order valence-electron chi connectivity index (χ4n) is 2.08. The van der Waals surface area contributed by atoms with Gasteiger partial charge in [0.2, 0.25) is 0 Å². The maximum atomic E-state index is 6.16. The lowest BCUT2D eigenvalue weighted by Gasteiger charge is -2.08. The van der Waals surface area contributed by atoms with Crippen LogP contribution in [-0.4, -0.2) is 16.7 Å². The molecule has 0 radical (unpaired) electrons. The molecule has 0 aliphatic heterocycles. The van der Waals surface area contributed by atoms with Crippen LogP contribution in [0.25, 0.3) is 11.3 Å². The molecular formula is C15H21N3O. The summed E-state index contributed by atoms with van der Waals surface area (Å²) in [6.45, 7) is 5.84. The summed E-state index contributed by atoms with van der Waals surface area (Å²) in [6.07, 6.45) is 1.81. The number of nitrogens with two attached hydrogens (primary N) is 1. The van der Waals surface area contributed by atoms with Crippen LogP contribution >= 0.6 is 0 Å². The Morgan fingerprint density at radius 3 is 2.53 bits per heavy atom. The lowest BCUT2D eigenvalue weighted by Crippen LogP contribution is -2.06. The highest BCUT2D eigenvalue weighted by Gasteiger charge is 2.10. The van der Waals surface area contributed by atoms with Crippen LogP contribution in [0.4, 0.5) is 5.82 Å². The van der Waals surface area contributed by atoms with Gasteiger partial charge in [-0.1, -0.05) is 38.1 Å². The number of imidazole rings is 1. The summed E-state index contributed by atoms with van der Waals surface area (Å²) in [5.41, 5.74) is 9.19. The molecule has 4 nitrogen and oxygen atoms in total. The van der Waals surface area contributed by atoms with Gasteiger partial charge in [-0.25, -0.2) is 4.98 Å². The Hall–Kier alpha value is -1.81. The van der Waals surface area contributed by atoms with Crippen LogP contribution in [0, 0.1) is 5.92 Å². The third kappa shape index (κ3) is 3.15. The number of benzene rings is 1. The van der Waals surface area contributed by atoms with Gasteiger partial charge in [0.1, 0.15) is 11.5 Å². The second-order valence-corrected chi connectivity index (χ2v) is 5.15. The highest BCUT2D eigenvalue weighted by atomic mass is 16.5. The van der Waals surface area contributed by atoms with Crippen LogP contribution in [0.5, 0.6) is 0 Å². The standard InChI is InChI=1S/C15H21N3O/c1-11(2)8-18-10-17-14(15(18)16)13-6-4-12(5-7-13)9-19-3/h4-7,10-11H,8-9,16H2,1-3H3. The molecule has 0 fully saturated rings. The van der Waals surface area contributed by atoms with Gasteiger partial charge < -0.3 is 15.0 Å². The monoisotopic (exact) mass is 259 g/mol. The highest BCUT2D eigenvalue weighted by Crippen LogP contribution is 2.25. The Balaban J connectivity index is 2.24. The summed E-state index contributed by atoms with van der Waals surface area (Å²) in [7, 11) is 1.69. The zero-order chi connectivity index (χ0) is 13.8. The van der Waals surface area contributed by atoms with E-state index in [0.717, 1.165) is 29.2 Å². The summed E-state index contributed by atoms with van der Waals surface area (Å²) in [5.74, 6) is 1.28. The largest absolute Gasteiger partial charge is 0.383 e. The van der Waals surface area contributed by atoms with Crippen molar-refractivity contribution in [3.8, 4) is 11.3 Å². The van der Waals surface area contributed by atoms with Crippen molar-refractivity contribution in [1.29, 1.82) is 0 Å². The highest BCUT2D eigenvalue weighted by molar-refractivity contribution is 5.70. The lowest BCUT2D eigenvalue weighted by atomic mass is 10.1. The number of nitrogens with zero attached hydrogens (tertiary/aromatic N) is 2. The second kappa shape index (κ2) is 5.89. The first kappa shape index (κ1) is 13.6. The Bertz CT molecular complexity index is 529. The van der Waals surface area contributed by atoms with Crippen LogP contribution in [0.1, 0.15) is 19.4 Å². The molecule has 0 bridgehead atoms. The van der Waals surface area contributed by atoms with Gasteiger partial charge in [-0.15, -0.1) is 0 Å². The van der Waals surface area contributed by atoms with E-state index < -0.39 is 0 Å². The van der Waals surface area contributed by atoms with E-state index in [-0.39, 0.29) is 0 Å². The van der Waals surface area contributed by atoms with Gasteiger partial charge in [0.05, 0.1) is 12.9 Å². The van der Waals surface area contributed by atoms with Crippen molar-refractivity contribution in [3.63, 3.8) is 0 Å². The molecule has 2 aromatic rings. The molecule has 0 spiro atoms. The lowest BCUT2D eigenvalue weighted by molar-refractivity contribution is 0.185. The van der Waals surface area contributed by atoms with Crippen molar-refractivity contribution in [3.05, 3.63) is 36.2 Å². The van der Waals surface area contributed by atoms with Crippen molar-refractivity contribution < 1.29 is 4.74 Å². The maximum absolute atomic E-state index is 6.16. The number of hydrogen-bond acceptors (Lipinski definition) is 3. The van der Waals surface area contributed by atoms with E-state index in [0.29, 0.717) is 12.5 Å². The van der Waals surface area contributed by atoms with Crippen molar-refractivity contribution in [2.45, 2.75) is 27.0 Å². The number of anilines is 1. The maximum Gasteiger partial charge on any atom is 0.131 e. The predicted molar refractivity (Wildman–Crippen MR) is 77.6 cm³/mol. The molecular weight excluding hydrogens is 238 g/mol. The minimum atomic E-state index is 0.549. The minimum absolute atomic E-state index is 0.549. The molecule has 0 atom stereocenters. The van der Waals surface area contributed by atoms with Crippen LogP contribution in [0.3, 0.4) is 0 Å². The summed E-state index contributed by atoms with van der Waals surface area (Å²) in [5, 5.41) is 0. The second-order valence-electron chi connectivity index (χ2n) is 5.15. The smallest absolute Gasteiger partial charge is 0.131 e. The van der Waals surface area contributed by atoms with Gasteiger partial charge in [-0.2, -0.15) is 0 Å². The topological polar surface area (TPSA) is 53.1 Å². The van der Waals surface area contributed by atoms with Crippen LogP contribution in [0.2, 0.25) is 0 Å². The first-order valence-electron chi connectivity index (χ1n) is 6.50. The number of rotatable bonds is 5. The van der Waals surface area contributed by atoms with Crippen LogP contribution < -0.4 is 5.73 Å². The van der Waals surface area contributed by atoms with Crippen LogP contribution in [-0.2, 0) is 17.9 Å². The van der Waals surface area contributed by atoms with Gasteiger partial charge in [0, 0.05) is 19.2 Å². The SMILES string of the molecule is COCc1ccc(-c2ncn(CC(C)C)c2N)cc1. The molecule has 0 saturated carbocycles. The van der Waals surface area contributed by atoms with Gasteiger partial charge in [-0.3, -0.25) is 0 Å². The van der Waals surface area contributed by atoms with E-state index in [1.54, 1.807) is 7.11 Å². The molecule has 1 aromatic heterocycles. The van der Waals surface area contributed by atoms with E-state index in [1.165, 1.54) is 0 Å². The third-order valence-electron chi connectivity index (χ3n) is 2.98. The predicted octanol–water partition coefficient (Wildman–Crippen LogP) is 2.93. The number of ether oxygens (including phenoxy) is 1. The molecule has 19 heavy (non-hydrogen) atoms. The molecule has 1 aromatic carbocycles. The molecule has 0 saturated heterocycles. The minimum Gasteiger partial charge on any atom is -0.383 e. The summed E-state index contributed by atoms with van der Waals surface area (Å²) < 4.78 is 7.10. The Labute approximate surface area is 114 Å². The number of nitrogen functional groups attached to an aromatic ring is 1. The summed E-state index contributed by atoms with van der Waals surface area (Å²) >= 11 is 0. The zero-order valence-corrected chi connectivity index (χ0v) is 11.8. The van der Waals surface area contributed by atoms with E-state index >= 15 is 0 Å². The van der Waals surface area contributed by atoms with E-state index in [4.69, 9.17) is 10.5 Å². The first-order chi connectivity index (χ1) is 9.11. The molecule has 0 unspecified atom stereocenters. The molecule has 102 valence electrons. The van der Waals surface area contributed by atoms with Gasteiger partial charge in [0.15, 0.2) is 0 Å². The molecule has 4 heteroatoms. The summed E-state index contributed by atoms with van der Waals surface area (Å²) in [6, 6.07) is 8.15. The Kier molecular flexibility index (Phi) is 4.22. The zero-order valence-electron chi connectivity index (χ0n) is 11.8. The van der Waals surface area contributed by atoms with E-state index in [2.05, 4.69) is 18.8 Å². The number of methoxy groups -OCH3 is 1. The van der Waals surface area contributed by atoms with Gasteiger partial charge in [-0.05, 0) is 11.5 Å². The van der Waals surface area contributed by atoms with Gasteiger partial charge >= 0.3 is 0 Å². The van der Waals surface area contributed by atoms with E-state index in [9.17, 15) is 0 Å². The quantitative estimate of drug-likeness (QED) is 0.898. The van der Waals surface area contributed by atoms with Crippen molar-refractivity contribution in [1.82, 2.24) is 9.55 Å². The Morgan fingerprint density at radius 2 is 1.95 bits per heavy atom. The normalized spacial score (nSPS) is 11.2. The first-order valence-corrected chi connectivity index (χ1v) is 6.50. The fraction of sp³-hybridized carbons (Fsp3) is 0.400. The van der Waals surface area contributed by atoms with Crippen molar-refractivity contribution >= 4 is 5.82 Å². The molecule has 1 heterocycles. The molecule has 0 aliphatic carbocycles.